The van der Waals surface area contributed by atoms with E-state index in [9.17, 15) is 29.1 Å². The lowest BCUT2D eigenvalue weighted by Crippen LogP contribution is -2.49. The number of carbonyl (C=O) groups is 5. The van der Waals surface area contributed by atoms with Gasteiger partial charge >= 0.3 is 18.0 Å². The molecule has 12 nitrogen and oxygen atoms in total. The molecule has 0 unspecified atom stereocenters. The molecule has 3 aromatic rings. The highest BCUT2D eigenvalue weighted by atomic mass is 16.6. The number of alkyl carbamates (subject to hydrolysis) is 1. The number of aliphatic hydroxyl groups excluding tert-OH is 1. The fourth-order valence-electron chi connectivity index (χ4n) is 4.90. The largest absolute Gasteiger partial charge is 0.461 e. The highest BCUT2D eigenvalue weighted by Gasteiger charge is 2.31. The molecule has 12 heteroatoms. The molecular weight excluding hydrogens is 654 g/mol. The van der Waals surface area contributed by atoms with Crippen LogP contribution in [0.2, 0.25) is 0 Å². The average Bonchev–Trinajstić information content (AvgIpc) is 3.15. The summed E-state index contributed by atoms with van der Waals surface area (Å²) in [6.07, 6.45) is 2.19. The van der Waals surface area contributed by atoms with Crippen LogP contribution >= 0.6 is 0 Å². The number of esters is 2. The lowest BCUT2D eigenvalue weighted by molar-refractivity contribution is -0.156. The predicted molar refractivity (Wildman–Crippen MR) is 190 cm³/mol. The van der Waals surface area contributed by atoms with Crippen LogP contribution in [0, 0.1) is 5.92 Å². The number of allylic oxidation sites excluding steroid dienone is 1. The van der Waals surface area contributed by atoms with Gasteiger partial charge in [0, 0.05) is 6.42 Å². The predicted octanol–water partition coefficient (Wildman–Crippen LogP) is 3.93. The molecule has 3 aromatic carbocycles. The van der Waals surface area contributed by atoms with Crippen LogP contribution in [0.15, 0.2) is 116 Å². The van der Waals surface area contributed by atoms with Crippen molar-refractivity contribution in [1.29, 1.82) is 0 Å². The van der Waals surface area contributed by atoms with Crippen molar-refractivity contribution in [3.63, 3.8) is 0 Å². The van der Waals surface area contributed by atoms with E-state index in [-0.39, 0.29) is 39.1 Å². The minimum Gasteiger partial charge on any atom is -0.461 e. The Morgan fingerprint density at radius 1 is 0.647 bits per heavy atom. The molecule has 0 aromatic heterocycles. The Morgan fingerprint density at radius 2 is 1.18 bits per heavy atom. The molecule has 0 aliphatic carbocycles. The smallest absolute Gasteiger partial charge is 0.408 e. The Bertz CT molecular complexity index is 1570. The second-order valence-corrected chi connectivity index (χ2v) is 11.6. The fourth-order valence-corrected chi connectivity index (χ4v) is 4.90. The zero-order chi connectivity index (χ0) is 36.8. The zero-order valence-electron chi connectivity index (χ0n) is 28.4. The highest BCUT2D eigenvalue weighted by molar-refractivity contribution is 5.89. The van der Waals surface area contributed by atoms with Crippen LogP contribution in [0.4, 0.5) is 4.79 Å². The number of rotatable bonds is 21. The minimum absolute atomic E-state index is 0.00955. The molecule has 0 aliphatic heterocycles. The zero-order valence-corrected chi connectivity index (χ0v) is 28.4. The molecule has 0 aliphatic rings. The molecule has 3 rings (SSSR count). The molecule has 270 valence electrons. The van der Waals surface area contributed by atoms with Crippen LogP contribution in [-0.2, 0) is 53.0 Å². The third-order valence-electron chi connectivity index (χ3n) is 7.57. The van der Waals surface area contributed by atoms with Gasteiger partial charge in [-0.3, -0.25) is 9.59 Å². The molecular formula is C39H45N3O9. The van der Waals surface area contributed by atoms with Crippen molar-refractivity contribution in [2.45, 2.75) is 57.0 Å². The summed E-state index contributed by atoms with van der Waals surface area (Å²) in [5.41, 5.74) is 2.35. The maximum absolute atomic E-state index is 13.5. The van der Waals surface area contributed by atoms with Crippen molar-refractivity contribution in [3.8, 4) is 0 Å². The molecule has 0 fully saturated rings. The summed E-state index contributed by atoms with van der Waals surface area (Å²) in [6.45, 7) is 6.21. The molecule has 0 saturated heterocycles. The maximum atomic E-state index is 13.5. The molecule has 4 atom stereocenters. The lowest BCUT2D eigenvalue weighted by atomic mass is 9.98. The van der Waals surface area contributed by atoms with Gasteiger partial charge in [0.25, 0.3) is 0 Å². The van der Waals surface area contributed by atoms with E-state index in [2.05, 4.69) is 29.1 Å². The van der Waals surface area contributed by atoms with Crippen LogP contribution in [0.1, 0.15) is 36.0 Å². The molecule has 4 N–H and O–H groups in total. The molecule has 0 bridgehead atoms. The summed E-state index contributed by atoms with van der Waals surface area (Å²) in [7, 11) is 0. The molecule has 0 heterocycles. The van der Waals surface area contributed by atoms with Crippen molar-refractivity contribution >= 4 is 29.8 Å². The highest BCUT2D eigenvalue weighted by Crippen LogP contribution is 2.13. The standard InChI is InChI=1S/C39H45N3O9/c1-3-14-31(23-35(44)40-32(24-43)22-28-16-8-5-9-17-28)36(45)41-34(38(47)49-25-29-18-10-6-11-19-29)27-50-37(46)33(15-4-2)42-39(48)51-26-30-20-12-7-13-21-30/h3-13,16-21,31-34,43H,1-2,14-15,22-27H2,(H,40,44)(H,41,45)(H,42,48)/t31-,32-,33+,34+/m0/s1. The first-order valence-electron chi connectivity index (χ1n) is 16.5. The summed E-state index contributed by atoms with van der Waals surface area (Å²) in [4.78, 5) is 65.3. The molecule has 0 radical (unpaired) electrons. The molecule has 0 saturated carbocycles. The van der Waals surface area contributed by atoms with Crippen molar-refractivity contribution in [3.05, 3.63) is 133 Å². The van der Waals surface area contributed by atoms with Crippen LogP contribution in [0.3, 0.4) is 0 Å². The number of hydrogen-bond donors (Lipinski definition) is 4. The Hall–Kier alpha value is -5.75. The number of amides is 3. The van der Waals surface area contributed by atoms with Crippen LogP contribution in [-0.4, -0.2) is 66.3 Å². The number of nitrogens with one attached hydrogen (secondary N) is 3. The van der Waals surface area contributed by atoms with Crippen LogP contribution < -0.4 is 16.0 Å². The summed E-state index contributed by atoms with van der Waals surface area (Å²) in [5.74, 6) is -3.92. The second-order valence-electron chi connectivity index (χ2n) is 11.6. The fraction of sp³-hybridized carbons (Fsp3) is 0.308. The Labute approximate surface area is 297 Å². The number of carbonyl (C=O) groups excluding carboxylic acids is 5. The summed E-state index contributed by atoms with van der Waals surface area (Å²) >= 11 is 0. The number of ether oxygens (including phenoxy) is 3. The second kappa shape index (κ2) is 22.1. The Kier molecular flexibility index (Phi) is 17.2. The Morgan fingerprint density at radius 3 is 1.73 bits per heavy atom. The summed E-state index contributed by atoms with van der Waals surface area (Å²) in [6, 6.07) is 23.9. The first-order chi connectivity index (χ1) is 24.7. The van der Waals surface area contributed by atoms with Crippen molar-refractivity contribution < 1.29 is 43.3 Å². The van der Waals surface area contributed by atoms with Crippen LogP contribution in [0.25, 0.3) is 0 Å². The first-order valence-corrected chi connectivity index (χ1v) is 16.5. The molecule has 51 heavy (non-hydrogen) atoms. The number of benzene rings is 3. The minimum atomic E-state index is -1.46. The normalized spacial score (nSPS) is 12.9. The van der Waals surface area contributed by atoms with E-state index >= 15 is 0 Å². The number of aliphatic hydroxyl groups is 1. The van der Waals surface area contributed by atoms with Crippen molar-refractivity contribution in [2.75, 3.05) is 13.2 Å². The van der Waals surface area contributed by atoms with E-state index in [1.807, 2.05) is 36.4 Å². The van der Waals surface area contributed by atoms with Gasteiger partial charge < -0.3 is 35.3 Å². The van der Waals surface area contributed by atoms with E-state index in [1.165, 1.54) is 12.2 Å². The maximum Gasteiger partial charge on any atom is 0.408 e. The van der Waals surface area contributed by atoms with Gasteiger partial charge in [-0.25, -0.2) is 14.4 Å². The average molecular weight is 700 g/mol. The number of hydrogen-bond acceptors (Lipinski definition) is 9. The van der Waals surface area contributed by atoms with Crippen molar-refractivity contribution in [1.82, 2.24) is 16.0 Å². The van der Waals surface area contributed by atoms with E-state index < -0.39 is 60.5 Å². The van der Waals surface area contributed by atoms with Gasteiger partial charge in [0.1, 0.15) is 25.9 Å². The quantitative estimate of drug-likeness (QED) is 0.0731. The third kappa shape index (κ3) is 14.7. The first kappa shape index (κ1) is 39.7. The van der Waals surface area contributed by atoms with Gasteiger partial charge in [-0.1, -0.05) is 103 Å². The van der Waals surface area contributed by atoms with E-state index in [0.29, 0.717) is 12.0 Å². The molecule has 3 amide bonds. The van der Waals surface area contributed by atoms with Gasteiger partial charge in [-0.2, -0.15) is 0 Å². The SMILES string of the molecule is C=CC[C@@H](CC(=O)N[C@H](CO)Cc1ccccc1)C(=O)N[C@H](COC(=O)[C@@H](CC=C)NC(=O)OCc1ccccc1)C(=O)OCc1ccccc1. The molecule has 0 spiro atoms. The van der Waals surface area contributed by atoms with E-state index in [0.717, 1.165) is 11.1 Å². The monoisotopic (exact) mass is 699 g/mol. The van der Waals surface area contributed by atoms with Gasteiger partial charge in [0.2, 0.25) is 11.8 Å². The van der Waals surface area contributed by atoms with Gasteiger partial charge in [-0.15, -0.1) is 13.2 Å². The lowest BCUT2D eigenvalue weighted by Gasteiger charge is -2.23. The van der Waals surface area contributed by atoms with E-state index in [4.69, 9.17) is 14.2 Å². The van der Waals surface area contributed by atoms with Gasteiger partial charge in [-0.05, 0) is 36.0 Å². The van der Waals surface area contributed by atoms with E-state index in [1.54, 1.807) is 54.6 Å². The topological polar surface area (TPSA) is 169 Å². The third-order valence-corrected chi connectivity index (χ3v) is 7.57. The van der Waals surface area contributed by atoms with Crippen molar-refractivity contribution in [2.24, 2.45) is 5.92 Å². The van der Waals surface area contributed by atoms with Gasteiger partial charge in [0.05, 0.1) is 18.6 Å². The van der Waals surface area contributed by atoms with Crippen LogP contribution in [0.5, 0.6) is 0 Å². The summed E-state index contributed by atoms with van der Waals surface area (Å²) in [5, 5.41) is 17.6. The van der Waals surface area contributed by atoms with Gasteiger partial charge in [0.15, 0.2) is 6.04 Å². The summed E-state index contributed by atoms with van der Waals surface area (Å²) < 4.78 is 16.0. The Balaban J connectivity index is 1.66.